The number of rotatable bonds is 1. The van der Waals surface area contributed by atoms with Crippen LogP contribution in [0.4, 0.5) is 0 Å². The molecule has 0 aliphatic heterocycles. The highest BCUT2D eigenvalue weighted by Gasteiger charge is 2.20. The summed E-state index contributed by atoms with van der Waals surface area (Å²) in [6, 6.07) is 3.49. The number of aromatic hydroxyl groups is 1. The third-order valence-electron chi connectivity index (χ3n) is 2.56. The smallest absolute Gasteiger partial charge is 0.137 e. The first-order chi connectivity index (χ1) is 5.88. The lowest BCUT2D eigenvalue weighted by Gasteiger charge is -2.08. The third-order valence-corrected chi connectivity index (χ3v) is 2.56. The Kier molecular flexibility index (Phi) is 1.98. The fourth-order valence-corrected chi connectivity index (χ4v) is 1.92. The number of pyridine rings is 1. The number of aromatic nitrogens is 1. The van der Waals surface area contributed by atoms with Crippen molar-refractivity contribution in [2.24, 2.45) is 0 Å². The van der Waals surface area contributed by atoms with E-state index in [-0.39, 0.29) is 0 Å². The zero-order chi connectivity index (χ0) is 8.39. The van der Waals surface area contributed by atoms with E-state index in [1.807, 2.05) is 0 Å². The van der Waals surface area contributed by atoms with Crippen molar-refractivity contribution in [2.75, 3.05) is 0 Å². The molecule has 2 heteroatoms. The van der Waals surface area contributed by atoms with Gasteiger partial charge in [0.25, 0.3) is 0 Å². The molecule has 0 saturated heterocycles. The van der Waals surface area contributed by atoms with Crippen LogP contribution in [0.1, 0.15) is 37.3 Å². The van der Waals surface area contributed by atoms with Gasteiger partial charge in [0.2, 0.25) is 0 Å². The van der Waals surface area contributed by atoms with Gasteiger partial charge in [-0.25, -0.2) is 0 Å². The van der Waals surface area contributed by atoms with Crippen molar-refractivity contribution in [3.05, 3.63) is 24.0 Å². The highest BCUT2D eigenvalue weighted by atomic mass is 16.3. The summed E-state index contributed by atoms with van der Waals surface area (Å²) in [6.45, 7) is 0. The molecule has 0 aromatic carbocycles. The Hall–Kier alpha value is -1.05. The van der Waals surface area contributed by atoms with Crippen LogP contribution in [0.15, 0.2) is 18.3 Å². The molecule has 2 nitrogen and oxygen atoms in total. The van der Waals surface area contributed by atoms with E-state index in [9.17, 15) is 5.11 Å². The second-order valence-electron chi connectivity index (χ2n) is 3.39. The van der Waals surface area contributed by atoms with E-state index in [2.05, 4.69) is 4.98 Å². The fourth-order valence-electron chi connectivity index (χ4n) is 1.92. The molecule has 1 heterocycles. The number of hydrogen-bond acceptors (Lipinski definition) is 2. The van der Waals surface area contributed by atoms with E-state index in [1.165, 1.54) is 25.7 Å². The van der Waals surface area contributed by atoms with Crippen molar-refractivity contribution >= 4 is 0 Å². The van der Waals surface area contributed by atoms with Gasteiger partial charge in [0.1, 0.15) is 5.75 Å². The van der Waals surface area contributed by atoms with Gasteiger partial charge in [-0.15, -0.1) is 0 Å². The van der Waals surface area contributed by atoms with Crippen LogP contribution in [0.5, 0.6) is 5.75 Å². The molecule has 0 amide bonds. The highest BCUT2D eigenvalue weighted by Crippen LogP contribution is 2.36. The van der Waals surface area contributed by atoms with Gasteiger partial charge in [0.05, 0.1) is 5.69 Å². The van der Waals surface area contributed by atoms with Crippen molar-refractivity contribution < 1.29 is 5.11 Å². The van der Waals surface area contributed by atoms with Gasteiger partial charge >= 0.3 is 0 Å². The molecule has 1 aromatic heterocycles. The Morgan fingerprint density at radius 3 is 2.75 bits per heavy atom. The minimum Gasteiger partial charge on any atom is -0.506 e. The van der Waals surface area contributed by atoms with Crippen molar-refractivity contribution in [1.29, 1.82) is 0 Å². The molecule has 1 fully saturated rings. The number of nitrogens with zero attached hydrogens (tertiary/aromatic N) is 1. The van der Waals surface area contributed by atoms with Crippen molar-refractivity contribution in [3.8, 4) is 5.75 Å². The second-order valence-corrected chi connectivity index (χ2v) is 3.39. The van der Waals surface area contributed by atoms with E-state index >= 15 is 0 Å². The van der Waals surface area contributed by atoms with Crippen LogP contribution in [-0.2, 0) is 0 Å². The summed E-state index contributed by atoms with van der Waals surface area (Å²) >= 11 is 0. The SMILES string of the molecule is Oc1cccnc1C1CCCC1. The average molecular weight is 163 g/mol. The molecule has 2 rings (SSSR count). The third kappa shape index (κ3) is 1.29. The first kappa shape index (κ1) is 7.59. The minimum absolute atomic E-state index is 0.365. The summed E-state index contributed by atoms with van der Waals surface area (Å²) in [5.41, 5.74) is 0.898. The van der Waals surface area contributed by atoms with Gasteiger partial charge in [-0.1, -0.05) is 12.8 Å². The molecule has 0 bridgehead atoms. The average Bonchev–Trinajstić information content (AvgIpc) is 2.57. The summed E-state index contributed by atoms with van der Waals surface area (Å²) < 4.78 is 0. The van der Waals surface area contributed by atoms with Gasteiger partial charge in [0, 0.05) is 12.1 Å². The molecule has 1 aromatic rings. The summed E-state index contributed by atoms with van der Waals surface area (Å²) in [7, 11) is 0. The zero-order valence-electron chi connectivity index (χ0n) is 7.03. The fraction of sp³-hybridized carbons (Fsp3) is 0.500. The van der Waals surface area contributed by atoms with Crippen LogP contribution >= 0.6 is 0 Å². The minimum atomic E-state index is 0.365. The Labute approximate surface area is 72.3 Å². The van der Waals surface area contributed by atoms with Gasteiger partial charge in [-0.3, -0.25) is 4.98 Å². The molecule has 1 aliphatic rings. The van der Waals surface area contributed by atoms with E-state index < -0.39 is 0 Å². The van der Waals surface area contributed by atoms with Gasteiger partial charge in [-0.2, -0.15) is 0 Å². The van der Waals surface area contributed by atoms with Crippen molar-refractivity contribution in [3.63, 3.8) is 0 Å². The highest BCUT2D eigenvalue weighted by molar-refractivity contribution is 5.28. The molecule has 12 heavy (non-hydrogen) atoms. The number of hydrogen-bond donors (Lipinski definition) is 1. The van der Waals surface area contributed by atoms with E-state index in [0.29, 0.717) is 11.7 Å². The maximum Gasteiger partial charge on any atom is 0.137 e. The maximum absolute atomic E-state index is 9.51. The molecule has 0 spiro atoms. The molecule has 0 unspecified atom stereocenters. The predicted octanol–water partition coefficient (Wildman–Crippen LogP) is 2.44. The quantitative estimate of drug-likeness (QED) is 0.689. The molecule has 1 aliphatic carbocycles. The molecular formula is C10H13NO. The van der Waals surface area contributed by atoms with Crippen LogP contribution in [0.25, 0.3) is 0 Å². The van der Waals surface area contributed by atoms with Crippen LogP contribution in [-0.4, -0.2) is 10.1 Å². The lowest BCUT2D eigenvalue weighted by Crippen LogP contribution is -1.95. The standard InChI is InChI=1S/C10H13NO/c12-9-6-3-7-11-10(9)8-4-1-2-5-8/h3,6-8,12H,1-2,4-5H2. The van der Waals surface area contributed by atoms with Crippen LogP contribution in [0.2, 0.25) is 0 Å². The molecule has 1 saturated carbocycles. The Bertz CT molecular complexity index is 266. The molecule has 0 radical (unpaired) electrons. The van der Waals surface area contributed by atoms with Gasteiger partial charge < -0.3 is 5.11 Å². The van der Waals surface area contributed by atoms with Crippen LogP contribution in [0, 0.1) is 0 Å². The van der Waals surface area contributed by atoms with Crippen molar-refractivity contribution in [2.45, 2.75) is 31.6 Å². The Morgan fingerprint density at radius 1 is 1.33 bits per heavy atom. The van der Waals surface area contributed by atoms with E-state index in [1.54, 1.807) is 18.3 Å². The summed E-state index contributed by atoms with van der Waals surface area (Å²) in [6.07, 6.45) is 6.68. The largest absolute Gasteiger partial charge is 0.506 e. The Balaban J connectivity index is 2.26. The summed E-state index contributed by atoms with van der Waals surface area (Å²) in [5.74, 6) is 0.871. The van der Waals surface area contributed by atoms with Crippen molar-refractivity contribution in [1.82, 2.24) is 4.98 Å². The predicted molar refractivity (Wildman–Crippen MR) is 47.1 cm³/mol. The molecular weight excluding hydrogens is 150 g/mol. The summed E-state index contributed by atoms with van der Waals surface area (Å²) in [4.78, 5) is 4.21. The van der Waals surface area contributed by atoms with Crippen LogP contribution < -0.4 is 0 Å². The monoisotopic (exact) mass is 163 g/mol. The Morgan fingerprint density at radius 2 is 2.08 bits per heavy atom. The lowest BCUT2D eigenvalue weighted by atomic mass is 10.0. The molecule has 0 atom stereocenters. The molecule has 64 valence electrons. The normalized spacial score (nSPS) is 18.3. The van der Waals surface area contributed by atoms with Gasteiger partial charge in [0.15, 0.2) is 0 Å². The first-order valence-corrected chi connectivity index (χ1v) is 4.52. The second kappa shape index (κ2) is 3.13. The summed E-state index contributed by atoms with van der Waals surface area (Å²) in [5, 5.41) is 9.51. The van der Waals surface area contributed by atoms with E-state index in [0.717, 1.165) is 5.69 Å². The zero-order valence-corrected chi connectivity index (χ0v) is 7.03. The maximum atomic E-state index is 9.51. The molecule has 1 N–H and O–H groups in total. The van der Waals surface area contributed by atoms with E-state index in [4.69, 9.17) is 0 Å². The van der Waals surface area contributed by atoms with Crippen LogP contribution in [0.3, 0.4) is 0 Å². The lowest BCUT2D eigenvalue weighted by molar-refractivity contribution is 0.455. The topological polar surface area (TPSA) is 33.1 Å². The van der Waals surface area contributed by atoms with Gasteiger partial charge in [-0.05, 0) is 25.0 Å². The first-order valence-electron chi connectivity index (χ1n) is 4.52.